The lowest BCUT2D eigenvalue weighted by atomic mass is 9.99. The number of carboxylic acids is 1. The maximum Gasteiger partial charge on any atom is 0.326 e. The highest BCUT2D eigenvalue weighted by Crippen LogP contribution is 2.09. The molecule has 1 fully saturated rings. The third-order valence-electron chi connectivity index (χ3n) is 3.53. The highest BCUT2D eigenvalue weighted by atomic mass is 16.5. The van der Waals surface area contributed by atoms with Crippen LogP contribution in [0.2, 0.25) is 0 Å². The molecule has 1 heterocycles. The van der Waals surface area contributed by atoms with Gasteiger partial charge in [-0.15, -0.1) is 0 Å². The van der Waals surface area contributed by atoms with E-state index in [1.807, 2.05) is 13.8 Å². The average molecular weight is 272 g/mol. The third-order valence-corrected chi connectivity index (χ3v) is 3.53. The summed E-state index contributed by atoms with van der Waals surface area (Å²) < 4.78 is 5.49. The molecule has 1 amide bonds. The Kier molecular flexibility index (Phi) is 6.80. The lowest BCUT2D eigenvalue weighted by Crippen LogP contribution is -2.47. The molecular weight excluding hydrogens is 248 g/mol. The number of carbonyl (C=O) groups excluding carboxylic acids is 1. The first kappa shape index (κ1) is 15.9. The van der Waals surface area contributed by atoms with Crippen LogP contribution < -0.4 is 10.6 Å². The molecule has 3 N–H and O–H groups in total. The predicted octanol–water partition coefficient (Wildman–Crippen LogP) is 0.371. The van der Waals surface area contributed by atoms with Gasteiger partial charge >= 0.3 is 5.97 Å². The Hall–Kier alpha value is -1.14. The standard InChI is InChI=1S/C13H24N2O4/c1-3-9(2)12(13(17)18)15-11(16)8-19-10-4-6-14-7-5-10/h9-10,12,14H,3-8H2,1-2H3,(H,15,16)(H,17,18)/t9?,12-/m0/s1. The molecule has 19 heavy (non-hydrogen) atoms. The van der Waals surface area contributed by atoms with Gasteiger partial charge in [0.15, 0.2) is 0 Å². The van der Waals surface area contributed by atoms with Crippen LogP contribution in [0.25, 0.3) is 0 Å². The zero-order chi connectivity index (χ0) is 14.3. The zero-order valence-electron chi connectivity index (χ0n) is 11.6. The van der Waals surface area contributed by atoms with E-state index in [0.717, 1.165) is 25.9 Å². The van der Waals surface area contributed by atoms with E-state index in [9.17, 15) is 9.59 Å². The summed E-state index contributed by atoms with van der Waals surface area (Å²) in [4.78, 5) is 22.8. The number of rotatable bonds is 7. The quantitative estimate of drug-likeness (QED) is 0.623. The summed E-state index contributed by atoms with van der Waals surface area (Å²) in [5, 5.41) is 14.8. The maximum absolute atomic E-state index is 11.7. The van der Waals surface area contributed by atoms with Gasteiger partial charge in [-0.3, -0.25) is 4.79 Å². The van der Waals surface area contributed by atoms with Gasteiger partial charge in [-0.1, -0.05) is 20.3 Å². The molecule has 1 unspecified atom stereocenters. The number of amides is 1. The van der Waals surface area contributed by atoms with Gasteiger partial charge < -0.3 is 20.5 Å². The van der Waals surface area contributed by atoms with Crippen molar-refractivity contribution in [3.05, 3.63) is 0 Å². The van der Waals surface area contributed by atoms with Crippen molar-refractivity contribution in [3.63, 3.8) is 0 Å². The van der Waals surface area contributed by atoms with Crippen LogP contribution in [0, 0.1) is 5.92 Å². The zero-order valence-corrected chi connectivity index (χ0v) is 11.6. The Morgan fingerprint density at radius 2 is 2.05 bits per heavy atom. The molecule has 2 atom stereocenters. The van der Waals surface area contributed by atoms with Gasteiger partial charge in [-0.05, 0) is 31.8 Å². The van der Waals surface area contributed by atoms with Crippen LogP contribution in [0.5, 0.6) is 0 Å². The fourth-order valence-corrected chi connectivity index (χ4v) is 2.05. The summed E-state index contributed by atoms with van der Waals surface area (Å²) in [5.74, 6) is -1.45. The number of hydrogen-bond donors (Lipinski definition) is 3. The van der Waals surface area contributed by atoms with E-state index < -0.39 is 12.0 Å². The molecule has 0 aromatic heterocycles. The van der Waals surface area contributed by atoms with Crippen LogP contribution in [0.15, 0.2) is 0 Å². The Balaban J connectivity index is 2.33. The van der Waals surface area contributed by atoms with Gasteiger partial charge in [-0.25, -0.2) is 4.79 Å². The SMILES string of the molecule is CCC(C)[C@H](NC(=O)COC1CCNCC1)C(=O)O. The molecule has 0 radical (unpaired) electrons. The molecule has 0 aromatic carbocycles. The Labute approximate surface area is 113 Å². The summed E-state index contributed by atoms with van der Waals surface area (Å²) in [6.07, 6.45) is 2.58. The largest absolute Gasteiger partial charge is 0.480 e. The number of carboxylic acid groups (broad SMARTS) is 1. The molecule has 1 rings (SSSR count). The van der Waals surface area contributed by atoms with E-state index in [2.05, 4.69) is 10.6 Å². The van der Waals surface area contributed by atoms with E-state index in [4.69, 9.17) is 9.84 Å². The number of piperidine rings is 1. The van der Waals surface area contributed by atoms with Crippen molar-refractivity contribution in [3.8, 4) is 0 Å². The molecule has 0 aliphatic carbocycles. The van der Waals surface area contributed by atoms with E-state index in [1.54, 1.807) is 0 Å². The second-order valence-corrected chi connectivity index (χ2v) is 5.03. The number of nitrogens with one attached hydrogen (secondary N) is 2. The highest BCUT2D eigenvalue weighted by molar-refractivity contribution is 5.84. The van der Waals surface area contributed by atoms with Gasteiger partial charge in [-0.2, -0.15) is 0 Å². The summed E-state index contributed by atoms with van der Waals surface area (Å²) >= 11 is 0. The summed E-state index contributed by atoms with van der Waals surface area (Å²) in [7, 11) is 0. The number of hydrogen-bond acceptors (Lipinski definition) is 4. The minimum atomic E-state index is -0.996. The van der Waals surface area contributed by atoms with Crippen molar-refractivity contribution in [2.24, 2.45) is 5.92 Å². The normalized spacial score (nSPS) is 19.7. The van der Waals surface area contributed by atoms with Crippen molar-refractivity contribution in [2.45, 2.75) is 45.3 Å². The molecule has 0 bridgehead atoms. The number of ether oxygens (including phenoxy) is 1. The molecular formula is C13H24N2O4. The van der Waals surface area contributed by atoms with Crippen molar-refractivity contribution >= 4 is 11.9 Å². The van der Waals surface area contributed by atoms with E-state index in [0.29, 0.717) is 6.42 Å². The number of aliphatic carboxylic acids is 1. The number of carbonyl (C=O) groups is 2. The van der Waals surface area contributed by atoms with E-state index >= 15 is 0 Å². The summed E-state index contributed by atoms with van der Waals surface area (Å²) in [6.45, 7) is 5.45. The molecule has 1 aliphatic rings. The molecule has 1 aliphatic heterocycles. The summed E-state index contributed by atoms with van der Waals surface area (Å²) in [6, 6.07) is -0.839. The molecule has 0 aromatic rings. The fourth-order valence-electron chi connectivity index (χ4n) is 2.05. The minimum Gasteiger partial charge on any atom is -0.480 e. The molecule has 6 heteroatoms. The monoisotopic (exact) mass is 272 g/mol. The fraction of sp³-hybridized carbons (Fsp3) is 0.846. The molecule has 0 spiro atoms. The summed E-state index contributed by atoms with van der Waals surface area (Å²) in [5.41, 5.74) is 0. The van der Waals surface area contributed by atoms with Gasteiger partial charge in [0.2, 0.25) is 5.91 Å². The minimum absolute atomic E-state index is 0.0646. The maximum atomic E-state index is 11.7. The second kappa shape index (κ2) is 8.12. The molecule has 1 saturated heterocycles. The van der Waals surface area contributed by atoms with Crippen LogP contribution in [0.1, 0.15) is 33.1 Å². The predicted molar refractivity (Wildman–Crippen MR) is 70.9 cm³/mol. The average Bonchev–Trinajstić information content (AvgIpc) is 2.42. The Bertz CT molecular complexity index is 303. The van der Waals surface area contributed by atoms with Gasteiger partial charge in [0.25, 0.3) is 0 Å². The first-order valence-electron chi connectivity index (χ1n) is 6.89. The molecule has 0 saturated carbocycles. The Morgan fingerprint density at radius 3 is 2.58 bits per heavy atom. The van der Waals surface area contributed by atoms with Crippen LogP contribution in [0.4, 0.5) is 0 Å². The third kappa shape index (κ3) is 5.57. The first-order chi connectivity index (χ1) is 9.04. The highest BCUT2D eigenvalue weighted by Gasteiger charge is 2.25. The van der Waals surface area contributed by atoms with Crippen molar-refractivity contribution < 1.29 is 19.4 Å². The van der Waals surface area contributed by atoms with Crippen LogP contribution >= 0.6 is 0 Å². The topological polar surface area (TPSA) is 87.7 Å². The van der Waals surface area contributed by atoms with Crippen molar-refractivity contribution in [1.82, 2.24) is 10.6 Å². The Morgan fingerprint density at radius 1 is 1.42 bits per heavy atom. The first-order valence-corrected chi connectivity index (χ1v) is 6.89. The van der Waals surface area contributed by atoms with Crippen molar-refractivity contribution in [2.75, 3.05) is 19.7 Å². The lowest BCUT2D eigenvalue weighted by molar-refractivity contribution is -0.144. The van der Waals surface area contributed by atoms with E-state index in [1.165, 1.54) is 0 Å². The second-order valence-electron chi connectivity index (χ2n) is 5.03. The van der Waals surface area contributed by atoms with Crippen LogP contribution in [0.3, 0.4) is 0 Å². The van der Waals surface area contributed by atoms with Crippen molar-refractivity contribution in [1.29, 1.82) is 0 Å². The van der Waals surface area contributed by atoms with Crippen LogP contribution in [-0.4, -0.2) is 48.8 Å². The smallest absolute Gasteiger partial charge is 0.326 e. The van der Waals surface area contributed by atoms with Crippen LogP contribution in [-0.2, 0) is 14.3 Å². The van der Waals surface area contributed by atoms with Gasteiger partial charge in [0, 0.05) is 0 Å². The molecule has 110 valence electrons. The molecule has 6 nitrogen and oxygen atoms in total. The lowest BCUT2D eigenvalue weighted by Gasteiger charge is -2.24. The van der Waals surface area contributed by atoms with Gasteiger partial charge in [0.1, 0.15) is 12.6 Å². The van der Waals surface area contributed by atoms with Gasteiger partial charge in [0.05, 0.1) is 6.10 Å². The van der Waals surface area contributed by atoms with E-state index in [-0.39, 0.29) is 24.5 Å².